The molecule has 106 valence electrons. The number of aryl methyl sites for hydroxylation is 2. The third-order valence-corrected chi connectivity index (χ3v) is 4.23. The molecule has 0 fully saturated rings. The molecule has 2 rings (SSSR count). The van der Waals surface area contributed by atoms with Crippen LogP contribution in [0.3, 0.4) is 0 Å². The third-order valence-electron chi connectivity index (χ3n) is 2.90. The summed E-state index contributed by atoms with van der Waals surface area (Å²) in [6, 6.07) is 12.0. The molecule has 0 spiro atoms. The average molecular weight is 298 g/mol. The van der Waals surface area contributed by atoms with E-state index in [-0.39, 0.29) is 4.90 Å². The first-order valence-corrected chi connectivity index (χ1v) is 7.11. The van der Waals surface area contributed by atoms with Crippen LogP contribution < -0.4 is 0 Å². The van der Waals surface area contributed by atoms with Gasteiger partial charge in [-0.15, -0.1) is 0 Å². The molecule has 1 unspecified atom stereocenters. The van der Waals surface area contributed by atoms with Crippen molar-refractivity contribution in [1.82, 2.24) is 0 Å². The Morgan fingerprint density at radius 2 is 1.60 bits per heavy atom. The quantitative estimate of drug-likeness (QED) is 0.792. The van der Waals surface area contributed by atoms with Crippen LogP contribution in [0.1, 0.15) is 11.1 Å². The lowest BCUT2D eigenvalue weighted by Crippen LogP contribution is -2.18. The summed E-state index contributed by atoms with van der Waals surface area (Å²) in [6.45, 7) is 3.36. The highest BCUT2D eigenvalue weighted by Gasteiger charge is 2.40. The zero-order chi connectivity index (χ0) is 14.9. The zero-order valence-corrected chi connectivity index (χ0v) is 11.8. The lowest BCUT2D eigenvalue weighted by atomic mass is 10.0. The second kappa shape index (κ2) is 5.40. The van der Waals surface area contributed by atoms with Gasteiger partial charge >= 0.3 is 5.51 Å². The van der Waals surface area contributed by atoms with Gasteiger partial charge in [0.25, 0.3) is 0 Å². The van der Waals surface area contributed by atoms with E-state index in [0.717, 1.165) is 5.56 Å². The van der Waals surface area contributed by atoms with Gasteiger partial charge in [0.2, 0.25) is 0 Å². The maximum absolute atomic E-state index is 12.8. The van der Waals surface area contributed by atoms with Crippen LogP contribution in [0, 0.1) is 13.8 Å². The van der Waals surface area contributed by atoms with E-state index in [1.54, 1.807) is 56.3 Å². The van der Waals surface area contributed by atoms with Gasteiger partial charge in [-0.05, 0) is 30.5 Å². The number of alkyl halides is 3. The van der Waals surface area contributed by atoms with Crippen LogP contribution in [0.15, 0.2) is 47.4 Å². The van der Waals surface area contributed by atoms with Crippen LogP contribution in [-0.2, 0) is 10.8 Å². The summed E-state index contributed by atoms with van der Waals surface area (Å²) in [5.74, 6) is 0. The molecule has 1 atom stereocenters. The zero-order valence-electron chi connectivity index (χ0n) is 11.0. The predicted molar refractivity (Wildman–Crippen MR) is 73.8 cm³/mol. The van der Waals surface area contributed by atoms with Crippen molar-refractivity contribution in [2.24, 2.45) is 0 Å². The fraction of sp³-hybridized carbons (Fsp3) is 0.200. The molecule has 0 aliphatic heterocycles. The molecule has 0 saturated carbocycles. The fourth-order valence-electron chi connectivity index (χ4n) is 2.15. The van der Waals surface area contributed by atoms with E-state index < -0.39 is 16.3 Å². The van der Waals surface area contributed by atoms with Crippen LogP contribution in [0.4, 0.5) is 13.2 Å². The Kier molecular flexibility index (Phi) is 3.99. The van der Waals surface area contributed by atoms with Crippen LogP contribution in [0.25, 0.3) is 11.1 Å². The Morgan fingerprint density at radius 1 is 1.00 bits per heavy atom. The summed E-state index contributed by atoms with van der Waals surface area (Å²) in [5, 5.41) is 0. The maximum atomic E-state index is 12.8. The fourth-order valence-corrected chi connectivity index (χ4v) is 3.11. The minimum atomic E-state index is -4.76. The molecule has 0 aromatic heterocycles. The van der Waals surface area contributed by atoms with Gasteiger partial charge < -0.3 is 0 Å². The van der Waals surface area contributed by atoms with E-state index in [4.69, 9.17) is 0 Å². The number of halogens is 3. The topological polar surface area (TPSA) is 17.1 Å². The second-order valence-electron chi connectivity index (χ2n) is 4.54. The molecular weight excluding hydrogens is 285 g/mol. The van der Waals surface area contributed by atoms with Crippen molar-refractivity contribution in [3.8, 4) is 11.1 Å². The van der Waals surface area contributed by atoms with Crippen LogP contribution >= 0.6 is 0 Å². The highest BCUT2D eigenvalue weighted by molar-refractivity contribution is 7.86. The number of rotatable bonds is 2. The smallest absolute Gasteiger partial charge is 0.245 e. The first-order valence-electron chi connectivity index (χ1n) is 5.96. The van der Waals surface area contributed by atoms with E-state index in [1.807, 2.05) is 0 Å². The molecule has 0 N–H and O–H groups in total. The summed E-state index contributed by atoms with van der Waals surface area (Å²) in [6.07, 6.45) is 0. The van der Waals surface area contributed by atoms with Gasteiger partial charge in [-0.2, -0.15) is 13.2 Å². The molecule has 0 radical (unpaired) electrons. The van der Waals surface area contributed by atoms with Crippen molar-refractivity contribution >= 4 is 10.8 Å². The lowest BCUT2D eigenvalue weighted by molar-refractivity contribution is -0.0384. The van der Waals surface area contributed by atoms with Crippen LogP contribution in [-0.4, -0.2) is 9.72 Å². The van der Waals surface area contributed by atoms with Gasteiger partial charge in [-0.3, -0.25) is 0 Å². The minimum absolute atomic E-state index is 0.158. The van der Waals surface area contributed by atoms with Gasteiger partial charge in [0.15, 0.2) is 10.8 Å². The van der Waals surface area contributed by atoms with E-state index in [9.17, 15) is 17.4 Å². The maximum Gasteiger partial charge on any atom is 0.475 e. The standard InChI is InChI=1S/C15H13F3OS/c1-10-8-11(2)14(20(19)15(16,17)18)13(9-10)12-6-4-3-5-7-12/h3-9H,1-2H3. The molecule has 2 aromatic carbocycles. The number of hydrogen-bond acceptors (Lipinski definition) is 1. The van der Waals surface area contributed by atoms with Crippen molar-refractivity contribution < 1.29 is 17.4 Å². The molecule has 0 bridgehead atoms. The predicted octanol–water partition coefficient (Wildman–Crippen LogP) is 4.60. The molecule has 0 aliphatic carbocycles. The SMILES string of the molecule is Cc1cc(C)c(S(=O)C(F)(F)F)c(-c2ccccc2)c1. The molecule has 2 aromatic rings. The highest BCUT2D eigenvalue weighted by Crippen LogP contribution is 2.36. The number of hydrogen-bond donors (Lipinski definition) is 0. The molecule has 0 heterocycles. The normalized spacial score (nSPS) is 13.2. The Balaban J connectivity index is 2.71. The second-order valence-corrected chi connectivity index (χ2v) is 5.95. The molecule has 0 saturated heterocycles. The van der Waals surface area contributed by atoms with Gasteiger partial charge in [-0.1, -0.05) is 48.0 Å². The van der Waals surface area contributed by atoms with Crippen molar-refractivity contribution in [2.75, 3.05) is 0 Å². The Bertz CT molecular complexity index is 648. The van der Waals surface area contributed by atoms with E-state index >= 15 is 0 Å². The summed E-state index contributed by atoms with van der Waals surface area (Å²) in [7, 11) is -3.03. The minimum Gasteiger partial charge on any atom is -0.245 e. The Hall–Kier alpha value is -1.62. The van der Waals surface area contributed by atoms with Crippen LogP contribution in [0.2, 0.25) is 0 Å². The molecule has 20 heavy (non-hydrogen) atoms. The molecule has 5 heteroatoms. The van der Waals surface area contributed by atoms with Crippen molar-refractivity contribution in [3.05, 3.63) is 53.6 Å². The average Bonchev–Trinajstić information content (AvgIpc) is 2.37. The van der Waals surface area contributed by atoms with E-state index in [2.05, 4.69) is 0 Å². The van der Waals surface area contributed by atoms with E-state index in [0.29, 0.717) is 16.7 Å². The highest BCUT2D eigenvalue weighted by atomic mass is 32.2. The van der Waals surface area contributed by atoms with Gasteiger partial charge in [0.05, 0.1) is 4.90 Å². The molecular formula is C15H13F3OS. The summed E-state index contributed by atoms with van der Waals surface area (Å²) in [5.41, 5.74) is -2.53. The first-order chi connectivity index (χ1) is 9.30. The van der Waals surface area contributed by atoms with Gasteiger partial charge in [0, 0.05) is 0 Å². The molecule has 1 nitrogen and oxygen atoms in total. The van der Waals surface area contributed by atoms with E-state index in [1.165, 1.54) is 0 Å². The Morgan fingerprint density at radius 3 is 2.15 bits per heavy atom. The van der Waals surface area contributed by atoms with Crippen molar-refractivity contribution in [1.29, 1.82) is 0 Å². The largest absolute Gasteiger partial charge is 0.475 e. The molecule has 0 aliphatic rings. The monoisotopic (exact) mass is 298 g/mol. The summed E-state index contributed by atoms with van der Waals surface area (Å²) >= 11 is 0. The third kappa shape index (κ3) is 2.93. The Labute approximate surface area is 117 Å². The summed E-state index contributed by atoms with van der Waals surface area (Å²) < 4.78 is 50.2. The van der Waals surface area contributed by atoms with Crippen molar-refractivity contribution in [3.63, 3.8) is 0 Å². The van der Waals surface area contributed by atoms with Gasteiger partial charge in [0.1, 0.15) is 0 Å². The summed E-state index contributed by atoms with van der Waals surface area (Å²) in [4.78, 5) is -0.158. The molecule has 0 amide bonds. The van der Waals surface area contributed by atoms with Gasteiger partial charge in [-0.25, -0.2) is 4.21 Å². The number of benzene rings is 2. The lowest BCUT2D eigenvalue weighted by Gasteiger charge is -2.15. The van der Waals surface area contributed by atoms with Crippen LogP contribution in [0.5, 0.6) is 0 Å². The van der Waals surface area contributed by atoms with Crippen molar-refractivity contribution in [2.45, 2.75) is 24.3 Å². The first kappa shape index (κ1) is 14.8.